The summed E-state index contributed by atoms with van der Waals surface area (Å²) in [6.45, 7) is 6.89. The lowest BCUT2D eigenvalue weighted by Gasteiger charge is -2.04. The van der Waals surface area contributed by atoms with E-state index < -0.39 is 0 Å². The molecule has 0 amide bonds. The van der Waals surface area contributed by atoms with Crippen molar-refractivity contribution in [1.82, 2.24) is 0 Å². The first-order valence-electron chi connectivity index (χ1n) is 6.35. The highest BCUT2D eigenvalue weighted by Crippen LogP contribution is 2.12. The molecule has 0 heterocycles. The Labute approximate surface area is 95.2 Å². The van der Waals surface area contributed by atoms with E-state index in [-0.39, 0.29) is 0 Å². The van der Waals surface area contributed by atoms with Crippen LogP contribution in [0.3, 0.4) is 0 Å². The van der Waals surface area contributed by atoms with Gasteiger partial charge in [-0.3, -0.25) is 0 Å². The van der Waals surface area contributed by atoms with Crippen LogP contribution in [0.2, 0.25) is 0 Å². The zero-order chi connectivity index (χ0) is 10.6. The predicted molar refractivity (Wildman–Crippen MR) is 70.2 cm³/mol. The normalized spacial score (nSPS) is 11.1. The molecule has 0 spiro atoms. The highest BCUT2D eigenvalue weighted by Gasteiger charge is 1.94. The van der Waals surface area contributed by atoms with Gasteiger partial charge < -0.3 is 0 Å². The summed E-state index contributed by atoms with van der Waals surface area (Å²) in [6.07, 6.45) is 10.1. The summed E-state index contributed by atoms with van der Waals surface area (Å²) in [5.74, 6) is 3.59. The third-order valence-electron chi connectivity index (χ3n) is 2.34. The highest BCUT2D eigenvalue weighted by molar-refractivity contribution is 7.99. The quantitative estimate of drug-likeness (QED) is 0.456. The van der Waals surface area contributed by atoms with E-state index in [9.17, 15) is 0 Å². The van der Waals surface area contributed by atoms with Crippen LogP contribution in [0, 0.1) is 5.92 Å². The SMILES string of the molecule is CCCCCCCCCSCC(C)C. The van der Waals surface area contributed by atoms with Gasteiger partial charge >= 0.3 is 0 Å². The van der Waals surface area contributed by atoms with E-state index in [2.05, 4.69) is 32.5 Å². The molecule has 0 aliphatic heterocycles. The first-order valence-corrected chi connectivity index (χ1v) is 7.50. The third kappa shape index (κ3) is 12.3. The van der Waals surface area contributed by atoms with Crippen molar-refractivity contribution in [1.29, 1.82) is 0 Å². The van der Waals surface area contributed by atoms with Crippen LogP contribution in [0.15, 0.2) is 0 Å². The smallest absolute Gasteiger partial charge is 0.00444 e. The fraction of sp³-hybridized carbons (Fsp3) is 1.00. The number of unbranched alkanes of at least 4 members (excludes halogenated alkanes) is 6. The predicted octanol–water partition coefficient (Wildman–Crippen LogP) is 5.13. The van der Waals surface area contributed by atoms with Crippen molar-refractivity contribution in [2.24, 2.45) is 5.92 Å². The van der Waals surface area contributed by atoms with Gasteiger partial charge in [0.15, 0.2) is 0 Å². The molecule has 0 saturated heterocycles. The molecule has 0 fully saturated rings. The maximum absolute atomic E-state index is 2.30. The molecule has 0 bridgehead atoms. The van der Waals surface area contributed by atoms with Crippen LogP contribution in [0.5, 0.6) is 0 Å². The van der Waals surface area contributed by atoms with Gasteiger partial charge in [-0.2, -0.15) is 11.8 Å². The summed E-state index contributed by atoms with van der Waals surface area (Å²) in [5, 5.41) is 0. The molecule has 0 aliphatic carbocycles. The lowest BCUT2D eigenvalue weighted by atomic mass is 10.1. The zero-order valence-electron chi connectivity index (χ0n) is 10.3. The highest BCUT2D eigenvalue weighted by atomic mass is 32.2. The summed E-state index contributed by atoms with van der Waals surface area (Å²) < 4.78 is 0. The van der Waals surface area contributed by atoms with E-state index in [4.69, 9.17) is 0 Å². The Hall–Kier alpha value is 0.350. The molecule has 0 aromatic rings. The van der Waals surface area contributed by atoms with Gasteiger partial charge in [-0.15, -0.1) is 0 Å². The number of rotatable bonds is 10. The molecule has 0 atom stereocenters. The van der Waals surface area contributed by atoms with E-state index in [0.29, 0.717) is 0 Å². The van der Waals surface area contributed by atoms with E-state index in [1.807, 2.05) is 0 Å². The van der Waals surface area contributed by atoms with Crippen LogP contribution in [0.25, 0.3) is 0 Å². The van der Waals surface area contributed by atoms with Crippen molar-refractivity contribution in [2.45, 2.75) is 65.7 Å². The average molecular weight is 216 g/mol. The first kappa shape index (κ1) is 14.3. The van der Waals surface area contributed by atoms with Crippen molar-refractivity contribution in [3.63, 3.8) is 0 Å². The van der Waals surface area contributed by atoms with Gasteiger partial charge in [0.05, 0.1) is 0 Å². The second-order valence-corrected chi connectivity index (χ2v) is 5.74. The van der Waals surface area contributed by atoms with Crippen LogP contribution in [0.4, 0.5) is 0 Å². The molecule has 0 saturated carbocycles. The topological polar surface area (TPSA) is 0 Å². The molecule has 0 aromatic carbocycles. The van der Waals surface area contributed by atoms with Gasteiger partial charge in [-0.05, 0) is 23.8 Å². The van der Waals surface area contributed by atoms with Gasteiger partial charge in [-0.25, -0.2) is 0 Å². The van der Waals surface area contributed by atoms with Crippen LogP contribution in [0.1, 0.15) is 65.7 Å². The van der Waals surface area contributed by atoms with E-state index >= 15 is 0 Å². The van der Waals surface area contributed by atoms with Crippen molar-refractivity contribution in [3.05, 3.63) is 0 Å². The van der Waals surface area contributed by atoms with E-state index in [0.717, 1.165) is 5.92 Å². The Morgan fingerprint density at radius 1 is 0.857 bits per heavy atom. The van der Waals surface area contributed by atoms with Gasteiger partial charge in [0.25, 0.3) is 0 Å². The molecule has 0 rings (SSSR count). The molecular weight excluding hydrogens is 188 g/mol. The lowest BCUT2D eigenvalue weighted by molar-refractivity contribution is 0.603. The molecule has 0 radical (unpaired) electrons. The minimum absolute atomic E-state index is 0.865. The monoisotopic (exact) mass is 216 g/mol. The molecule has 0 N–H and O–H groups in total. The van der Waals surface area contributed by atoms with E-state index in [1.165, 1.54) is 56.5 Å². The third-order valence-corrected chi connectivity index (χ3v) is 3.82. The van der Waals surface area contributed by atoms with Gasteiger partial charge in [0.2, 0.25) is 0 Å². The van der Waals surface area contributed by atoms with Gasteiger partial charge in [0.1, 0.15) is 0 Å². The first-order chi connectivity index (χ1) is 6.77. The Balaban J connectivity index is 2.85. The standard InChI is InChI=1S/C13H28S/c1-4-5-6-7-8-9-10-11-14-12-13(2)3/h13H,4-12H2,1-3H3. The summed E-state index contributed by atoms with van der Waals surface area (Å²) in [7, 11) is 0. The molecule has 14 heavy (non-hydrogen) atoms. The Morgan fingerprint density at radius 2 is 1.43 bits per heavy atom. The van der Waals surface area contributed by atoms with Crippen molar-refractivity contribution >= 4 is 11.8 Å². The summed E-state index contributed by atoms with van der Waals surface area (Å²) in [6, 6.07) is 0. The maximum atomic E-state index is 2.30. The summed E-state index contributed by atoms with van der Waals surface area (Å²) in [5.41, 5.74) is 0. The second-order valence-electron chi connectivity index (χ2n) is 4.59. The van der Waals surface area contributed by atoms with Crippen LogP contribution < -0.4 is 0 Å². The van der Waals surface area contributed by atoms with Crippen molar-refractivity contribution in [3.8, 4) is 0 Å². The number of hydrogen-bond donors (Lipinski definition) is 0. The molecule has 0 aromatic heterocycles. The fourth-order valence-corrected chi connectivity index (χ4v) is 2.53. The van der Waals surface area contributed by atoms with Crippen LogP contribution in [-0.4, -0.2) is 11.5 Å². The Kier molecular flexibility index (Phi) is 11.7. The van der Waals surface area contributed by atoms with Gasteiger partial charge in [-0.1, -0.05) is 59.3 Å². The largest absolute Gasteiger partial charge is 0.162 e. The Bertz CT molecular complexity index is 99.4. The minimum Gasteiger partial charge on any atom is -0.162 e. The van der Waals surface area contributed by atoms with Crippen molar-refractivity contribution in [2.75, 3.05) is 11.5 Å². The minimum atomic E-state index is 0.865. The number of hydrogen-bond acceptors (Lipinski definition) is 1. The van der Waals surface area contributed by atoms with Crippen LogP contribution >= 0.6 is 11.8 Å². The summed E-state index contributed by atoms with van der Waals surface area (Å²) >= 11 is 2.13. The molecular formula is C13H28S. The molecule has 1 heteroatoms. The van der Waals surface area contributed by atoms with Crippen LogP contribution in [-0.2, 0) is 0 Å². The fourth-order valence-electron chi connectivity index (χ4n) is 1.48. The molecule has 0 nitrogen and oxygen atoms in total. The average Bonchev–Trinajstić information content (AvgIpc) is 2.15. The lowest BCUT2D eigenvalue weighted by Crippen LogP contribution is -1.92. The zero-order valence-corrected chi connectivity index (χ0v) is 11.2. The van der Waals surface area contributed by atoms with E-state index in [1.54, 1.807) is 0 Å². The molecule has 0 aliphatic rings. The molecule has 0 unspecified atom stereocenters. The van der Waals surface area contributed by atoms with Crippen molar-refractivity contribution < 1.29 is 0 Å². The maximum Gasteiger partial charge on any atom is -0.00444 e. The summed E-state index contributed by atoms with van der Waals surface area (Å²) in [4.78, 5) is 0. The second kappa shape index (κ2) is 11.4. The Morgan fingerprint density at radius 3 is 2.00 bits per heavy atom. The molecule has 86 valence electrons. The van der Waals surface area contributed by atoms with Gasteiger partial charge in [0, 0.05) is 0 Å². The number of thioether (sulfide) groups is 1.